The van der Waals surface area contributed by atoms with E-state index >= 15 is 0 Å². The van der Waals surface area contributed by atoms with Crippen LogP contribution in [0.4, 0.5) is 5.82 Å². The van der Waals surface area contributed by atoms with Crippen molar-refractivity contribution in [2.45, 2.75) is 6.42 Å². The van der Waals surface area contributed by atoms with E-state index in [4.69, 9.17) is 31.8 Å². The van der Waals surface area contributed by atoms with Gasteiger partial charge in [0.1, 0.15) is 5.69 Å². The van der Waals surface area contributed by atoms with Crippen molar-refractivity contribution in [1.29, 1.82) is 0 Å². The number of fused-ring (bicyclic) bond motifs is 1. The van der Waals surface area contributed by atoms with Gasteiger partial charge in [0.05, 0.1) is 24.2 Å². The summed E-state index contributed by atoms with van der Waals surface area (Å²) in [6.45, 7) is 2.79. The number of anilines is 1. The van der Waals surface area contributed by atoms with Crippen LogP contribution < -0.4 is 5.32 Å². The summed E-state index contributed by atoms with van der Waals surface area (Å²) in [7, 11) is 0. The van der Waals surface area contributed by atoms with Crippen LogP contribution in [0.25, 0.3) is 23.2 Å². The first-order chi connectivity index (χ1) is 14.7. The first kappa shape index (κ1) is 22.2. The Kier molecular flexibility index (Phi) is 8.59. The van der Waals surface area contributed by atoms with Crippen LogP contribution in [-0.2, 0) is 0 Å². The quantitative estimate of drug-likeness (QED) is 0.407. The molecule has 1 heterocycles. The van der Waals surface area contributed by atoms with Crippen molar-refractivity contribution in [2.75, 3.05) is 44.7 Å². The number of halogens is 1. The molecular formula is C23H27ClN4O2. The Morgan fingerprint density at radius 3 is 2.20 bits per heavy atom. The van der Waals surface area contributed by atoms with Gasteiger partial charge in [0, 0.05) is 24.7 Å². The summed E-state index contributed by atoms with van der Waals surface area (Å²) < 4.78 is 0. The van der Waals surface area contributed by atoms with Crippen molar-refractivity contribution in [2.24, 2.45) is 0 Å². The van der Waals surface area contributed by atoms with Gasteiger partial charge >= 0.3 is 0 Å². The molecule has 0 fully saturated rings. The average Bonchev–Trinajstić information content (AvgIpc) is 2.76. The van der Waals surface area contributed by atoms with Crippen LogP contribution in [0.1, 0.15) is 17.7 Å². The third kappa shape index (κ3) is 6.50. The Labute approximate surface area is 181 Å². The Morgan fingerprint density at radius 1 is 0.867 bits per heavy atom. The number of nitrogens with one attached hydrogen (secondary N) is 1. The lowest BCUT2D eigenvalue weighted by Crippen LogP contribution is -2.31. The van der Waals surface area contributed by atoms with Crippen molar-refractivity contribution < 1.29 is 10.2 Å². The number of benzene rings is 2. The SMILES string of the molecule is OCCN(CCO)CCCNc1nc2ccccc2nc1/C=C/c1ccc(Cl)cc1. The van der Waals surface area contributed by atoms with Crippen LogP contribution >= 0.6 is 11.6 Å². The predicted octanol–water partition coefficient (Wildman–Crippen LogP) is 3.54. The number of hydrogen-bond donors (Lipinski definition) is 3. The number of aliphatic hydroxyl groups excluding tert-OH is 2. The summed E-state index contributed by atoms with van der Waals surface area (Å²) in [6, 6.07) is 15.4. The van der Waals surface area contributed by atoms with Crippen molar-refractivity contribution in [3.8, 4) is 0 Å². The third-order valence-corrected chi connectivity index (χ3v) is 4.93. The molecule has 0 aliphatic carbocycles. The molecule has 0 radical (unpaired) electrons. The molecule has 3 aromatic rings. The number of hydrogen-bond acceptors (Lipinski definition) is 6. The van der Waals surface area contributed by atoms with Gasteiger partial charge in [-0.2, -0.15) is 0 Å². The zero-order valence-corrected chi connectivity index (χ0v) is 17.6. The fourth-order valence-corrected chi connectivity index (χ4v) is 3.26. The molecule has 2 aromatic carbocycles. The minimum atomic E-state index is 0.0865. The molecular weight excluding hydrogens is 400 g/mol. The molecule has 0 saturated heterocycles. The molecule has 158 valence electrons. The maximum atomic E-state index is 9.13. The lowest BCUT2D eigenvalue weighted by atomic mass is 10.2. The molecule has 0 spiro atoms. The van der Waals surface area contributed by atoms with E-state index in [9.17, 15) is 0 Å². The Hall–Kier alpha value is -2.51. The van der Waals surface area contributed by atoms with Gasteiger partial charge in [-0.1, -0.05) is 41.9 Å². The minimum absolute atomic E-state index is 0.0865. The van der Waals surface area contributed by atoms with Crippen LogP contribution in [0, 0.1) is 0 Å². The van der Waals surface area contributed by atoms with Gasteiger partial charge < -0.3 is 15.5 Å². The number of para-hydroxylation sites is 2. The smallest absolute Gasteiger partial charge is 0.152 e. The Morgan fingerprint density at radius 2 is 1.53 bits per heavy atom. The van der Waals surface area contributed by atoms with Gasteiger partial charge in [0.2, 0.25) is 0 Å². The van der Waals surface area contributed by atoms with Crippen molar-refractivity contribution >= 4 is 40.6 Å². The van der Waals surface area contributed by atoms with Gasteiger partial charge in [0.25, 0.3) is 0 Å². The van der Waals surface area contributed by atoms with E-state index in [-0.39, 0.29) is 13.2 Å². The standard InChI is InChI=1S/C23H27ClN4O2/c24-19-9-6-18(7-10-19)8-11-22-23(27-21-5-2-1-4-20(21)26-22)25-12-3-13-28(14-16-29)15-17-30/h1-2,4-11,29-30H,3,12-17H2,(H,25,27)/b11-8+. The third-order valence-electron chi connectivity index (χ3n) is 4.68. The largest absolute Gasteiger partial charge is 0.395 e. The second kappa shape index (κ2) is 11.6. The van der Waals surface area contributed by atoms with E-state index in [1.54, 1.807) is 0 Å². The summed E-state index contributed by atoms with van der Waals surface area (Å²) >= 11 is 5.96. The fourth-order valence-electron chi connectivity index (χ4n) is 3.14. The normalized spacial score (nSPS) is 11.6. The molecule has 0 aliphatic rings. The molecule has 0 aliphatic heterocycles. The summed E-state index contributed by atoms with van der Waals surface area (Å²) in [5, 5.41) is 22.4. The lowest BCUT2D eigenvalue weighted by molar-refractivity contribution is 0.161. The van der Waals surface area contributed by atoms with Crippen LogP contribution in [0.2, 0.25) is 5.02 Å². The van der Waals surface area contributed by atoms with Crippen molar-refractivity contribution in [1.82, 2.24) is 14.9 Å². The van der Waals surface area contributed by atoms with E-state index in [1.165, 1.54) is 0 Å². The molecule has 6 nitrogen and oxygen atoms in total. The molecule has 0 bridgehead atoms. The molecule has 0 amide bonds. The number of aliphatic hydroxyl groups is 2. The average molecular weight is 427 g/mol. The summed E-state index contributed by atoms with van der Waals surface area (Å²) in [5.74, 6) is 0.731. The topological polar surface area (TPSA) is 81.5 Å². The molecule has 3 N–H and O–H groups in total. The highest BCUT2D eigenvalue weighted by Gasteiger charge is 2.07. The predicted molar refractivity (Wildman–Crippen MR) is 124 cm³/mol. The molecule has 0 saturated carbocycles. The zero-order chi connectivity index (χ0) is 21.2. The highest BCUT2D eigenvalue weighted by Crippen LogP contribution is 2.20. The van der Waals surface area contributed by atoms with Crippen molar-refractivity contribution in [3.63, 3.8) is 0 Å². The Balaban J connectivity index is 1.73. The van der Waals surface area contributed by atoms with E-state index in [0.717, 1.165) is 41.1 Å². The number of aromatic nitrogens is 2. The Bertz CT molecular complexity index is 957. The van der Waals surface area contributed by atoms with Crippen LogP contribution in [-0.4, -0.2) is 64.5 Å². The monoisotopic (exact) mass is 426 g/mol. The van der Waals surface area contributed by atoms with Gasteiger partial charge in [0.15, 0.2) is 5.82 Å². The molecule has 1 aromatic heterocycles. The molecule has 0 atom stereocenters. The highest BCUT2D eigenvalue weighted by atomic mass is 35.5. The first-order valence-electron chi connectivity index (χ1n) is 10.1. The number of rotatable bonds is 11. The summed E-state index contributed by atoms with van der Waals surface area (Å²) in [6.07, 6.45) is 4.80. The summed E-state index contributed by atoms with van der Waals surface area (Å²) in [5.41, 5.74) is 3.48. The van der Waals surface area contributed by atoms with Crippen LogP contribution in [0.15, 0.2) is 48.5 Å². The van der Waals surface area contributed by atoms with Gasteiger partial charge in [-0.25, -0.2) is 9.97 Å². The first-order valence-corrected chi connectivity index (χ1v) is 10.5. The molecule has 30 heavy (non-hydrogen) atoms. The number of nitrogens with zero attached hydrogens (tertiary/aromatic N) is 3. The van der Waals surface area contributed by atoms with E-state index in [1.807, 2.05) is 65.6 Å². The summed E-state index contributed by atoms with van der Waals surface area (Å²) in [4.78, 5) is 11.6. The molecule has 7 heteroatoms. The van der Waals surface area contributed by atoms with Crippen LogP contribution in [0.5, 0.6) is 0 Å². The maximum absolute atomic E-state index is 9.13. The molecule has 3 rings (SSSR count). The van der Waals surface area contributed by atoms with Gasteiger partial charge in [-0.3, -0.25) is 4.90 Å². The zero-order valence-electron chi connectivity index (χ0n) is 16.8. The lowest BCUT2D eigenvalue weighted by Gasteiger charge is -2.20. The van der Waals surface area contributed by atoms with Gasteiger partial charge in [-0.05, 0) is 48.9 Å². The maximum Gasteiger partial charge on any atom is 0.152 e. The second-order valence-electron chi connectivity index (χ2n) is 6.90. The van der Waals surface area contributed by atoms with E-state index in [2.05, 4.69) is 5.32 Å². The molecule has 0 unspecified atom stereocenters. The van der Waals surface area contributed by atoms with Crippen molar-refractivity contribution in [3.05, 3.63) is 64.8 Å². The van der Waals surface area contributed by atoms with Crippen LogP contribution in [0.3, 0.4) is 0 Å². The van der Waals surface area contributed by atoms with E-state index in [0.29, 0.717) is 24.7 Å². The highest BCUT2D eigenvalue weighted by molar-refractivity contribution is 6.30. The second-order valence-corrected chi connectivity index (χ2v) is 7.34. The minimum Gasteiger partial charge on any atom is -0.395 e. The van der Waals surface area contributed by atoms with E-state index < -0.39 is 0 Å². The fraction of sp³-hybridized carbons (Fsp3) is 0.304. The van der Waals surface area contributed by atoms with Gasteiger partial charge in [-0.15, -0.1) is 0 Å².